The van der Waals surface area contributed by atoms with E-state index < -0.39 is 11.8 Å². The molecule has 166 valence electrons. The number of methoxy groups -OCH3 is 1. The number of carboxylic acids is 1. The monoisotopic (exact) mass is 436 g/mol. The summed E-state index contributed by atoms with van der Waals surface area (Å²) in [5, 5.41) is 10.5. The third kappa shape index (κ3) is 4.10. The summed E-state index contributed by atoms with van der Waals surface area (Å²) in [6, 6.07) is 13.8. The molecule has 0 spiro atoms. The maximum absolute atomic E-state index is 14.0. The lowest BCUT2D eigenvalue weighted by molar-refractivity contribution is -0.136. The Kier molecular flexibility index (Phi) is 5.99. The minimum atomic E-state index is -0.974. The van der Waals surface area contributed by atoms with Crippen LogP contribution in [0.1, 0.15) is 21.5 Å². The molecule has 0 aromatic heterocycles. The van der Waals surface area contributed by atoms with Gasteiger partial charge in [-0.2, -0.15) is 0 Å². The van der Waals surface area contributed by atoms with Crippen molar-refractivity contribution in [2.24, 2.45) is 0 Å². The van der Waals surface area contributed by atoms with Crippen molar-refractivity contribution in [2.75, 3.05) is 38.2 Å². The van der Waals surface area contributed by atoms with Crippen LogP contribution in [0.25, 0.3) is 10.8 Å². The fourth-order valence-corrected chi connectivity index (χ4v) is 4.35. The molecule has 1 fully saturated rings. The molecule has 0 radical (unpaired) electrons. The van der Waals surface area contributed by atoms with Crippen LogP contribution in [0, 0.1) is 12.7 Å². The van der Waals surface area contributed by atoms with Crippen LogP contribution in [-0.4, -0.2) is 55.2 Å². The Balaban J connectivity index is 1.65. The zero-order valence-corrected chi connectivity index (χ0v) is 18.1. The number of hydrogen-bond acceptors (Lipinski definition) is 4. The summed E-state index contributed by atoms with van der Waals surface area (Å²) in [6.07, 6.45) is -0.193. The van der Waals surface area contributed by atoms with Crippen LogP contribution in [0.3, 0.4) is 0 Å². The van der Waals surface area contributed by atoms with Gasteiger partial charge in [-0.3, -0.25) is 9.59 Å². The highest BCUT2D eigenvalue weighted by atomic mass is 19.1. The molecule has 0 aliphatic carbocycles. The number of nitrogens with zero attached hydrogens (tertiary/aromatic N) is 2. The van der Waals surface area contributed by atoms with E-state index >= 15 is 0 Å². The Hall–Kier alpha value is -3.61. The van der Waals surface area contributed by atoms with Crippen molar-refractivity contribution in [1.82, 2.24) is 4.90 Å². The SMILES string of the molecule is COc1ccccc1N1CCN(C(=O)c2c(C)c(CC(=O)O)cc3ccc(F)cc23)CC1. The number of carbonyl (C=O) groups excluding carboxylic acids is 1. The number of aliphatic carboxylic acids is 1. The predicted molar refractivity (Wildman–Crippen MR) is 121 cm³/mol. The van der Waals surface area contributed by atoms with Gasteiger partial charge in [0.05, 0.1) is 24.8 Å². The summed E-state index contributed by atoms with van der Waals surface area (Å²) in [7, 11) is 1.63. The van der Waals surface area contributed by atoms with Crippen molar-refractivity contribution in [3.05, 3.63) is 71.0 Å². The van der Waals surface area contributed by atoms with Crippen LogP contribution in [0.15, 0.2) is 48.5 Å². The summed E-state index contributed by atoms with van der Waals surface area (Å²) < 4.78 is 19.5. The van der Waals surface area contributed by atoms with E-state index in [1.54, 1.807) is 31.1 Å². The minimum Gasteiger partial charge on any atom is -0.495 e. The molecular formula is C25H25FN2O4. The first-order chi connectivity index (χ1) is 15.4. The average molecular weight is 436 g/mol. The molecule has 0 unspecified atom stereocenters. The lowest BCUT2D eigenvalue weighted by Gasteiger charge is -2.37. The molecule has 1 N–H and O–H groups in total. The number of rotatable bonds is 5. The van der Waals surface area contributed by atoms with Gasteiger partial charge in [-0.15, -0.1) is 0 Å². The van der Waals surface area contributed by atoms with Crippen LogP contribution in [0.4, 0.5) is 10.1 Å². The van der Waals surface area contributed by atoms with E-state index in [0.29, 0.717) is 53.6 Å². The van der Waals surface area contributed by atoms with Crippen molar-refractivity contribution >= 4 is 28.3 Å². The molecule has 1 aliphatic rings. The second-order valence-electron chi connectivity index (χ2n) is 7.92. The number of fused-ring (bicyclic) bond motifs is 1. The fraction of sp³-hybridized carbons (Fsp3) is 0.280. The van der Waals surface area contributed by atoms with Crippen LogP contribution in [0.5, 0.6) is 5.75 Å². The molecule has 4 rings (SSSR count). The summed E-state index contributed by atoms with van der Waals surface area (Å²) in [4.78, 5) is 28.8. The number of carboxylic acid groups (broad SMARTS) is 1. The van der Waals surface area contributed by atoms with E-state index in [-0.39, 0.29) is 12.3 Å². The Morgan fingerprint density at radius 2 is 1.78 bits per heavy atom. The standard InChI is InChI=1S/C25H25FN2O4/c1-16-18(14-23(29)30)13-17-7-8-19(26)15-20(17)24(16)25(31)28-11-9-27(10-12-28)21-5-3-4-6-22(21)32-2/h3-8,13,15H,9-12,14H2,1-2H3,(H,29,30). The lowest BCUT2D eigenvalue weighted by Crippen LogP contribution is -2.49. The molecule has 1 heterocycles. The topological polar surface area (TPSA) is 70.1 Å². The normalized spacial score (nSPS) is 14.0. The smallest absolute Gasteiger partial charge is 0.307 e. The van der Waals surface area contributed by atoms with Gasteiger partial charge in [-0.05, 0) is 53.1 Å². The highest BCUT2D eigenvalue weighted by Crippen LogP contribution is 2.31. The maximum atomic E-state index is 14.0. The van der Waals surface area contributed by atoms with Crippen molar-refractivity contribution in [3.8, 4) is 5.75 Å². The van der Waals surface area contributed by atoms with Crippen LogP contribution < -0.4 is 9.64 Å². The number of halogens is 1. The quantitative estimate of drug-likeness (QED) is 0.657. The molecule has 32 heavy (non-hydrogen) atoms. The zero-order chi connectivity index (χ0) is 22.8. The summed E-state index contributed by atoms with van der Waals surface area (Å²) in [5.41, 5.74) is 2.51. The number of carbonyl (C=O) groups is 2. The van der Waals surface area contributed by atoms with Crippen LogP contribution in [0.2, 0.25) is 0 Å². The van der Waals surface area contributed by atoms with Gasteiger partial charge in [-0.25, -0.2) is 4.39 Å². The predicted octanol–water partition coefficient (Wildman–Crippen LogP) is 3.89. The van der Waals surface area contributed by atoms with Crippen molar-refractivity contribution in [3.63, 3.8) is 0 Å². The molecule has 0 bridgehead atoms. The number of ether oxygens (including phenoxy) is 1. The molecule has 6 nitrogen and oxygen atoms in total. The van der Waals surface area contributed by atoms with Crippen molar-refractivity contribution in [1.29, 1.82) is 0 Å². The number of hydrogen-bond donors (Lipinski definition) is 1. The summed E-state index contributed by atoms with van der Waals surface area (Å²) in [6.45, 7) is 3.99. The Bertz CT molecular complexity index is 1190. The average Bonchev–Trinajstić information content (AvgIpc) is 2.79. The van der Waals surface area contributed by atoms with E-state index in [1.807, 2.05) is 24.3 Å². The highest BCUT2D eigenvalue weighted by molar-refractivity contribution is 6.09. The minimum absolute atomic E-state index is 0.193. The Morgan fingerprint density at radius 3 is 2.47 bits per heavy atom. The second kappa shape index (κ2) is 8.86. The molecule has 1 aliphatic heterocycles. The largest absolute Gasteiger partial charge is 0.495 e. The third-order valence-corrected chi connectivity index (χ3v) is 6.02. The van der Waals surface area contributed by atoms with Gasteiger partial charge in [0.15, 0.2) is 0 Å². The summed E-state index contributed by atoms with van der Waals surface area (Å²) >= 11 is 0. The second-order valence-corrected chi connectivity index (χ2v) is 7.92. The molecule has 1 saturated heterocycles. The number of benzene rings is 3. The zero-order valence-electron chi connectivity index (χ0n) is 18.1. The van der Waals surface area contributed by atoms with Gasteiger partial charge in [0.25, 0.3) is 5.91 Å². The van der Waals surface area contributed by atoms with Gasteiger partial charge >= 0.3 is 5.97 Å². The molecule has 0 atom stereocenters. The molecule has 7 heteroatoms. The van der Waals surface area contributed by atoms with Crippen molar-refractivity contribution < 1.29 is 23.8 Å². The van der Waals surface area contributed by atoms with Crippen molar-refractivity contribution in [2.45, 2.75) is 13.3 Å². The summed E-state index contributed by atoms with van der Waals surface area (Å²) in [5.74, 6) is -0.827. The molecule has 3 aromatic carbocycles. The van der Waals surface area contributed by atoms with Gasteiger partial charge in [0.1, 0.15) is 11.6 Å². The van der Waals surface area contributed by atoms with E-state index in [1.165, 1.54) is 12.1 Å². The van der Waals surface area contributed by atoms with Crippen LogP contribution >= 0.6 is 0 Å². The first kappa shape index (κ1) is 21.6. The first-order valence-electron chi connectivity index (χ1n) is 10.5. The van der Waals surface area contributed by atoms with Gasteiger partial charge < -0.3 is 19.6 Å². The van der Waals surface area contributed by atoms with Gasteiger partial charge in [0.2, 0.25) is 0 Å². The number of para-hydroxylation sites is 2. The maximum Gasteiger partial charge on any atom is 0.307 e. The van der Waals surface area contributed by atoms with Crippen LogP contribution in [-0.2, 0) is 11.2 Å². The third-order valence-electron chi connectivity index (χ3n) is 6.02. The Labute approximate surface area is 185 Å². The highest BCUT2D eigenvalue weighted by Gasteiger charge is 2.27. The molecule has 0 saturated carbocycles. The number of anilines is 1. The van der Waals surface area contributed by atoms with Gasteiger partial charge in [-0.1, -0.05) is 24.3 Å². The van der Waals surface area contributed by atoms with E-state index in [9.17, 15) is 19.1 Å². The molecule has 1 amide bonds. The molecular weight excluding hydrogens is 411 g/mol. The number of amides is 1. The van der Waals surface area contributed by atoms with E-state index in [0.717, 1.165) is 11.4 Å². The van der Waals surface area contributed by atoms with E-state index in [4.69, 9.17) is 4.74 Å². The van der Waals surface area contributed by atoms with E-state index in [2.05, 4.69) is 4.90 Å². The Morgan fingerprint density at radius 1 is 1.06 bits per heavy atom. The lowest BCUT2D eigenvalue weighted by atomic mass is 9.92. The first-order valence-corrected chi connectivity index (χ1v) is 10.5. The van der Waals surface area contributed by atoms with Gasteiger partial charge in [0, 0.05) is 26.2 Å². The number of piperazine rings is 1. The fourth-order valence-electron chi connectivity index (χ4n) is 4.35. The molecule has 3 aromatic rings.